The van der Waals surface area contributed by atoms with E-state index in [1.165, 1.54) is 6.26 Å². The Labute approximate surface area is 123 Å². The van der Waals surface area contributed by atoms with E-state index in [0.717, 1.165) is 11.0 Å². The molecule has 1 unspecified atom stereocenters. The van der Waals surface area contributed by atoms with E-state index in [0.29, 0.717) is 23.8 Å². The van der Waals surface area contributed by atoms with E-state index in [1.807, 2.05) is 29.7 Å². The van der Waals surface area contributed by atoms with Crippen LogP contribution in [0.5, 0.6) is 0 Å². The maximum absolute atomic E-state index is 11.2. The highest BCUT2D eigenvalue weighted by molar-refractivity contribution is 7.90. The number of hydrogen-bond acceptors (Lipinski definition) is 4. The molecule has 0 aliphatic heterocycles. The molecule has 0 amide bonds. The number of sulfone groups is 1. The van der Waals surface area contributed by atoms with Crippen LogP contribution in [0.2, 0.25) is 5.02 Å². The molecule has 2 N–H and O–H groups in total. The van der Waals surface area contributed by atoms with E-state index in [1.54, 1.807) is 0 Å². The molecular formula is C13H18ClN3O2S. The standard InChI is InChI=1S/C13H18ClN3O2S/c1-3-17-12-9(14)5-4-6-11(12)16-13(17)10(15)7-8-20(2,18)19/h4-6,10H,3,7-8,15H2,1-2H3. The fourth-order valence-electron chi connectivity index (χ4n) is 2.23. The van der Waals surface area contributed by atoms with Crippen LogP contribution in [0.15, 0.2) is 18.2 Å². The lowest BCUT2D eigenvalue weighted by Gasteiger charge is -2.13. The van der Waals surface area contributed by atoms with Crippen molar-refractivity contribution in [3.8, 4) is 0 Å². The Morgan fingerprint density at radius 1 is 1.45 bits per heavy atom. The lowest BCUT2D eigenvalue weighted by molar-refractivity contribution is 0.573. The molecule has 0 fully saturated rings. The minimum Gasteiger partial charge on any atom is -0.326 e. The number of halogens is 1. The number of aryl methyl sites for hydroxylation is 1. The Hall–Kier alpha value is -1.11. The van der Waals surface area contributed by atoms with Gasteiger partial charge in [-0.3, -0.25) is 0 Å². The molecule has 0 saturated heterocycles. The molecule has 0 bridgehead atoms. The number of nitrogens with zero attached hydrogens (tertiary/aromatic N) is 2. The molecule has 1 heterocycles. The van der Waals surface area contributed by atoms with Gasteiger partial charge >= 0.3 is 0 Å². The number of nitrogens with two attached hydrogens (primary N) is 1. The van der Waals surface area contributed by atoms with Crippen LogP contribution in [-0.4, -0.2) is 30.0 Å². The van der Waals surface area contributed by atoms with Gasteiger partial charge in [0.2, 0.25) is 0 Å². The van der Waals surface area contributed by atoms with Gasteiger partial charge < -0.3 is 10.3 Å². The third kappa shape index (κ3) is 3.13. The number of para-hydroxylation sites is 1. The van der Waals surface area contributed by atoms with Crippen LogP contribution in [-0.2, 0) is 16.4 Å². The maximum atomic E-state index is 11.2. The molecule has 0 saturated carbocycles. The molecule has 7 heteroatoms. The van der Waals surface area contributed by atoms with Crippen LogP contribution in [0.4, 0.5) is 0 Å². The third-order valence-electron chi connectivity index (χ3n) is 3.19. The summed E-state index contributed by atoms with van der Waals surface area (Å²) in [5.41, 5.74) is 7.73. The summed E-state index contributed by atoms with van der Waals surface area (Å²) < 4.78 is 24.4. The summed E-state index contributed by atoms with van der Waals surface area (Å²) in [6, 6.07) is 5.10. The minimum absolute atomic E-state index is 0.0504. The molecule has 0 radical (unpaired) electrons. The second-order valence-corrected chi connectivity index (χ2v) is 7.51. The van der Waals surface area contributed by atoms with Crippen molar-refractivity contribution in [2.24, 2.45) is 5.73 Å². The van der Waals surface area contributed by atoms with Gasteiger partial charge in [-0.1, -0.05) is 17.7 Å². The van der Waals surface area contributed by atoms with E-state index in [9.17, 15) is 8.42 Å². The highest BCUT2D eigenvalue weighted by Crippen LogP contribution is 2.27. The number of rotatable bonds is 5. The van der Waals surface area contributed by atoms with Crippen molar-refractivity contribution in [3.05, 3.63) is 29.0 Å². The smallest absolute Gasteiger partial charge is 0.147 e. The second kappa shape index (κ2) is 5.71. The Kier molecular flexibility index (Phi) is 4.36. The van der Waals surface area contributed by atoms with Gasteiger partial charge in [-0.2, -0.15) is 0 Å². The molecule has 110 valence electrons. The number of imidazole rings is 1. The number of fused-ring (bicyclic) bond motifs is 1. The Bertz CT molecular complexity index is 725. The van der Waals surface area contributed by atoms with Crippen molar-refractivity contribution in [2.75, 3.05) is 12.0 Å². The SMILES string of the molecule is CCn1c(C(N)CCS(C)(=O)=O)nc2cccc(Cl)c21. The van der Waals surface area contributed by atoms with Gasteiger partial charge in [-0.05, 0) is 25.5 Å². The zero-order valence-electron chi connectivity index (χ0n) is 11.5. The number of hydrogen-bond donors (Lipinski definition) is 1. The number of benzene rings is 1. The summed E-state index contributed by atoms with van der Waals surface area (Å²) in [5, 5.41) is 0.624. The fourth-order valence-corrected chi connectivity index (χ4v) is 3.19. The third-order valence-corrected chi connectivity index (χ3v) is 4.48. The van der Waals surface area contributed by atoms with E-state index in [4.69, 9.17) is 17.3 Å². The van der Waals surface area contributed by atoms with Crippen molar-refractivity contribution in [1.82, 2.24) is 9.55 Å². The summed E-state index contributed by atoms with van der Waals surface area (Å²) in [7, 11) is -3.03. The van der Waals surface area contributed by atoms with Crippen molar-refractivity contribution < 1.29 is 8.42 Å². The van der Waals surface area contributed by atoms with Gasteiger partial charge in [-0.15, -0.1) is 0 Å². The first-order valence-electron chi connectivity index (χ1n) is 6.41. The first-order chi connectivity index (χ1) is 9.33. The molecule has 1 aromatic carbocycles. The molecule has 5 nitrogen and oxygen atoms in total. The van der Waals surface area contributed by atoms with Crippen molar-refractivity contribution in [3.63, 3.8) is 0 Å². The average Bonchev–Trinajstić information content (AvgIpc) is 2.75. The highest BCUT2D eigenvalue weighted by atomic mass is 35.5. The van der Waals surface area contributed by atoms with E-state index < -0.39 is 15.9 Å². The van der Waals surface area contributed by atoms with E-state index >= 15 is 0 Å². The topological polar surface area (TPSA) is 78.0 Å². The fraction of sp³-hybridized carbons (Fsp3) is 0.462. The van der Waals surface area contributed by atoms with E-state index in [-0.39, 0.29) is 5.75 Å². The van der Waals surface area contributed by atoms with Crippen molar-refractivity contribution in [2.45, 2.75) is 25.9 Å². The first-order valence-corrected chi connectivity index (χ1v) is 8.85. The Morgan fingerprint density at radius 2 is 2.15 bits per heavy atom. The maximum Gasteiger partial charge on any atom is 0.147 e. The highest BCUT2D eigenvalue weighted by Gasteiger charge is 2.19. The van der Waals surface area contributed by atoms with Crippen LogP contribution in [0.3, 0.4) is 0 Å². The van der Waals surface area contributed by atoms with Crippen LogP contribution in [0.25, 0.3) is 11.0 Å². The van der Waals surface area contributed by atoms with Crippen LogP contribution in [0.1, 0.15) is 25.2 Å². The van der Waals surface area contributed by atoms with Crippen molar-refractivity contribution >= 4 is 32.5 Å². The van der Waals surface area contributed by atoms with Crippen LogP contribution < -0.4 is 5.73 Å². The molecule has 2 rings (SSSR count). The zero-order valence-corrected chi connectivity index (χ0v) is 13.1. The van der Waals surface area contributed by atoms with Crippen LogP contribution >= 0.6 is 11.6 Å². The molecule has 0 aliphatic rings. The summed E-state index contributed by atoms with van der Waals surface area (Å²) in [4.78, 5) is 4.50. The molecule has 0 spiro atoms. The Balaban J connectivity index is 2.41. The van der Waals surface area contributed by atoms with E-state index in [2.05, 4.69) is 4.98 Å². The van der Waals surface area contributed by atoms with Crippen molar-refractivity contribution in [1.29, 1.82) is 0 Å². The zero-order chi connectivity index (χ0) is 14.9. The summed E-state index contributed by atoms with van der Waals surface area (Å²) in [5.74, 6) is 0.730. The minimum atomic E-state index is -3.03. The van der Waals surface area contributed by atoms with Gasteiger partial charge in [0.25, 0.3) is 0 Å². The largest absolute Gasteiger partial charge is 0.326 e. The predicted molar refractivity (Wildman–Crippen MR) is 81.7 cm³/mol. The lowest BCUT2D eigenvalue weighted by Crippen LogP contribution is -2.19. The molecule has 20 heavy (non-hydrogen) atoms. The van der Waals surface area contributed by atoms with Gasteiger partial charge in [0, 0.05) is 12.8 Å². The first kappa shape index (κ1) is 15.3. The quantitative estimate of drug-likeness (QED) is 0.917. The van der Waals surface area contributed by atoms with Gasteiger partial charge in [0.1, 0.15) is 15.7 Å². The predicted octanol–water partition coefficient (Wildman–Crippen LogP) is 2.14. The summed E-state index contributed by atoms with van der Waals surface area (Å²) >= 11 is 6.21. The van der Waals surface area contributed by atoms with Gasteiger partial charge in [0.15, 0.2) is 0 Å². The summed E-state index contributed by atoms with van der Waals surface area (Å²) in [6.07, 6.45) is 1.55. The second-order valence-electron chi connectivity index (χ2n) is 4.85. The molecule has 0 aliphatic carbocycles. The van der Waals surface area contributed by atoms with Gasteiger partial charge in [0.05, 0.1) is 27.9 Å². The molecule has 2 aromatic rings. The lowest BCUT2D eigenvalue weighted by atomic mass is 10.2. The van der Waals surface area contributed by atoms with Gasteiger partial charge in [-0.25, -0.2) is 13.4 Å². The molecular weight excluding hydrogens is 298 g/mol. The monoisotopic (exact) mass is 315 g/mol. The number of aromatic nitrogens is 2. The summed E-state index contributed by atoms with van der Waals surface area (Å²) in [6.45, 7) is 2.67. The molecule has 1 atom stereocenters. The molecule has 1 aromatic heterocycles. The average molecular weight is 316 g/mol. The normalized spacial score (nSPS) is 13.8. The van der Waals surface area contributed by atoms with Crippen LogP contribution in [0, 0.1) is 0 Å². The Morgan fingerprint density at radius 3 is 2.75 bits per heavy atom.